The van der Waals surface area contributed by atoms with Crippen LogP contribution in [0.15, 0.2) is 55.3 Å². The Kier molecular flexibility index (Phi) is 5.75. The van der Waals surface area contributed by atoms with Gasteiger partial charge in [-0.2, -0.15) is 5.11 Å². The summed E-state index contributed by atoms with van der Waals surface area (Å²) in [6.45, 7) is 1.50. The maximum atomic E-state index is 13.1. The summed E-state index contributed by atoms with van der Waals surface area (Å²) in [6.07, 6.45) is 0. The molecule has 0 spiro atoms. The minimum absolute atomic E-state index is 0.00161. The number of aromatic nitrogens is 2. The van der Waals surface area contributed by atoms with Crippen LogP contribution in [0.3, 0.4) is 0 Å². The van der Waals surface area contributed by atoms with E-state index in [1.54, 1.807) is 25.1 Å². The first kappa shape index (κ1) is 22.9. The second kappa shape index (κ2) is 8.27. The van der Waals surface area contributed by atoms with Crippen molar-refractivity contribution in [2.75, 3.05) is 18.9 Å². The lowest BCUT2D eigenvalue weighted by molar-refractivity contribution is 0.557. The predicted octanol–water partition coefficient (Wildman–Crippen LogP) is 0.255. The normalized spacial score (nSPS) is 15.2. The summed E-state index contributed by atoms with van der Waals surface area (Å²) in [5, 5.41) is 13.2. The Morgan fingerprint density at radius 1 is 1.15 bits per heavy atom. The van der Waals surface area contributed by atoms with Crippen molar-refractivity contribution in [2.45, 2.75) is 22.8 Å². The third-order valence-corrected chi connectivity index (χ3v) is 7.65. The van der Waals surface area contributed by atoms with Crippen LogP contribution in [0.25, 0.3) is 22.2 Å². The molecule has 0 unspecified atom stereocenters. The third-order valence-electron chi connectivity index (χ3n) is 4.90. The number of nitrogen functional groups attached to an aromatic ring is 1. The lowest BCUT2D eigenvalue weighted by atomic mass is 9.97. The van der Waals surface area contributed by atoms with Crippen molar-refractivity contribution in [3.63, 3.8) is 0 Å². The molecule has 0 saturated heterocycles. The molecule has 2 aromatic carbocycles. The first-order valence-corrected chi connectivity index (χ1v) is 12.6. The summed E-state index contributed by atoms with van der Waals surface area (Å²) in [5.41, 5.74) is 13.0. The van der Waals surface area contributed by atoms with Crippen molar-refractivity contribution in [1.82, 2.24) is 14.7 Å². The molecule has 0 amide bonds. The molecule has 33 heavy (non-hydrogen) atoms. The van der Waals surface area contributed by atoms with Crippen LogP contribution in [0, 0.1) is 0 Å². The number of hydrogen-bond donors (Lipinski definition) is 5. The number of imidazole rings is 1. The average Bonchev–Trinajstić information content (AvgIpc) is 3.40. The van der Waals surface area contributed by atoms with Crippen molar-refractivity contribution >= 4 is 42.9 Å². The molecule has 1 aliphatic heterocycles. The Labute approximate surface area is 189 Å². The number of nitrogens with zero attached hydrogens (tertiary/aromatic N) is 4. The Bertz CT molecular complexity index is 1530. The summed E-state index contributed by atoms with van der Waals surface area (Å²) in [7, 11) is -8.92. The standard InChI is InChI=1S/C18H21N9O4S2/c1-9(7-19)27-33(30,31)13-6-5-10(11-3-2-4-12-15(11)25-18(20)24-12)14(16(13)32(21,28)29)17-22-8-23-26-17/h2-6,9,27H,7-8,19H2,1H3,(H3,20,24,25)(H2,21,28,29)/t9-/m0/s1. The fourth-order valence-electron chi connectivity index (χ4n) is 3.51. The van der Waals surface area contributed by atoms with Gasteiger partial charge in [-0.25, -0.2) is 36.7 Å². The van der Waals surface area contributed by atoms with E-state index in [-0.39, 0.29) is 30.6 Å². The minimum Gasteiger partial charge on any atom is -0.369 e. The van der Waals surface area contributed by atoms with Gasteiger partial charge in [0.05, 0.1) is 16.6 Å². The molecule has 174 valence electrons. The van der Waals surface area contributed by atoms with E-state index >= 15 is 0 Å². The molecule has 1 aromatic heterocycles. The number of H-pyrrole nitrogens is 1. The number of azo groups is 1. The van der Waals surface area contributed by atoms with Crippen LogP contribution in [0.1, 0.15) is 12.5 Å². The van der Waals surface area contributed by atoms with Crippen molar-refractivity contribution in [3.8, 4) is 11.1 Å². The maximum absolute atomic E-state index is 13.1. The van der Waals surface area contributed by atoms with Gasteiger partial charge in [-0.15, -0.1) is 5.11 Å². The van der Waals surface area contributed by atoms with Crippen molar-refractivity contribution in [3.05, 3.63) is 35.9 Å². The zero-order valence-electron chi connectivity index (χ0n) is 17.3. The van der Waals surface area contributed by atoms with Gasteiger partial charge >= 0.3 is 0 Å². The number of nitrogens with one attached hydrogen (secondary N) is 2. The van der Waals surface area contributed by atoms with Crippen LogP contribution in [0.2, 0.25) is 0 Å². The minimum atomic E-state index is -4.59. The molecule has 0 bridgehead atoms. The number of anilines is 1. The molecule has 3 aromatic rings. The molecule has 1 aliphatic rings. The van der Waals surface area contributed by atoms with Gasteiger partial charge in [-0.05, 0) is 24.6 Å². The molecule has 0 aliphatic carbocycles. The fraction of sp³-hybridized carbons (Fsp3) is 0.222. The SMILES string of the molecule is C[C@@H](CN)NS(=O)(=O)c1ccc(-c2cccc3[nH]c(N)nc23)c(C2=NCN=N2)c1S(N)(=O)=O. The number of primary sulfonamides is 1. The number of sulfonamides is 2. The lowest BCUT2D eigenvalue weighted by Crippen LogP contribution is -2.38. The van der Waals surface area contributed by atoms with E-state index in [1.807, 2.05) is 0 Å². The first-order chi connectivity index (χ1) is 15.5. The molecule has 8 N–H and O–H groups in total. The summed E-state index contributed by atoms with van der Waals surface area (Å²) in [6, 6.07) is 7.09. The lowest BCUT2D eigenvalue weighted by Gasteiger charge is -2.19. The topological polar surface area (TPSA) is 224 Å². The van der Waals surface area contributed by atoms with Crippen LogP contribution < -0.4 is 21.3 Å². The molecule has 13 nitrogen and oxygen atoms in total. The highest BCUT2D eigenvalue weighted by molar-refractivity contribution is 7.92. The highest BCUT2D eigenvalue weighted by Crippen LogP contribution is 2.37. The van der Waals surface area contributed by atoms with Crippen LogP contribution in [0.5, 0.6) is 0 Å². The molecule has 0 fully saturated rings. The van der Waals surface area contributed by atoms with Gasteiger partial charge in [0.1, 0.15) is 9.79 Å². The number of benzene rings is 2. The fourth-order valence-corrected chi connectivity index (χ4v) is 6.37. The zero-order chi connectivity index (χ0) is 24.0. The monoisotopic (exact) mass is 491 g/mol. The smallest absolute Gasteiger partial charge is 0.242 e. The Morgan fingerprint density at radius 3 is 2.55 bits per heavy atom. The van der Waals surface area contributed by atoms with Gasteiger partial charge in [0.2, 0.25) is 20.0 Å². The maximum Gasteiger partial charge on any atom is 0.242 e. The van der Waals surface area contributed by atoms with Gasteiger partial charge in [0, 0.05) is 18.2 Å². The van der Waals surface area contributed by atoms with Gasteiger partial charge in [0.25, 0.3) is 0 Å². The molecule has 1 atom stereocenters. The number of rotatable bonds is 7. The van der Waals surface area contributed by atoms with Crippen molar-refractivity contribution in [1.29, 1.82) is 0 Å². The van der Waals surface area contributed by atoms with E-state index in [1.165, 1.54) is 6.07 Å². The number of hydrogen-bond acceptors (Lipinski definition) is 10. The Balaban J connectivity index is 2.11. The summed E-state index contributed by atoms with van der Waals surface area (Å²) >= 11 is 0. The molecule has 0 saturated carbocycles. The highest BCUT2D eigenvalue weighted by Gasteiger charge is 2.33. The molecular formula is C18H21N9O4S2. The largest absolute Gasteiger partial charge is 0.369 e. The Morgan fingerprint density at radius 2 is 1.91 bits per heavy atom. The summed E-state index contributed by atoms with van der Waals surface area (Å²) < 4.78 is 54.1. The van der Waals surface area contributed by atoms with E-state index in [2.05, 4.69) is 29.9 Å². The van der Waals surface area contributed by atoms with Gasteiger partial charge in [0.15, 0.2) is 18.5 Å². The number of aliphatic imine (C=N–C) groups is 1. The van der Waals surface area contributed by atoms with Gasteiger partial charge < -0.3 is 16.5 Å². The second-order valence-electron chi connectivity index (χ2n) is 7.31. The third kappa shape index (κ3) is 4.23. The van der Waals surface area contributed by atoms with Gasteiger partial charge in [-0.3, -0.25) is 0 Å². The van der Waals surface area contributed by atoms with E-state index in [0.29, 0.717) is 22.2 Å². The van der Waals surface area contributed by atoms with Gasteiger partial charge in [-0.1, -0.05) is 18.2 Å². The Hall–Kier alpha value is -3.24. The molecular weight excluding hydrogens is 470 g/mol. The molecule has 4 rings (SSSR count). The van der Waals surface area contributed by atoms with E-state index in [0.717, 1.165) is 6.07 Å². The number of aromatic amines is 1. The number of nitrogens with two attached hydrogens (primary N) is 3. The van der Waals surface area contributed by atoms with Crippen LogP contribution in [-0.4, -0.2) is 51.9 Å². The van der Waals surface area contributed by atoms with Crippen LogP contribution in [-0.2, 0) is 20.0 Å². The number of fused-ring (bicyclic) bond motifs is 1. The molecule has 2 heterocycles. The van der Waals surface area contributed by atoms with E-state index in [9.17, 15) is 16.8 Å². The zero-order valence-corrected chi connectivity index (χ0v) is 19.0. The van der Waals surface area contributed by atoms with Crippen molar-refractivity contribution in [2.24, 2.45) is 26.1 Å². The quantitative estimate of drug-likeness (QED) is 0.309. The van der Waals surface area contributed by atoms with Crippen LogP contribution >= 0.6 is 0 Å². The summed E-state index contributed by atoms with van der Waals surface area (Å²) in [5.74, 6) is 0.0844. The van der Waals surface area contributed by atoms with Crippen molar-refractivity contribution < 1.29 is 16.8 Å². The summed E-state index contributed by atoms with van der Waals surface area (Å²) in [4.78, 5) is 10.1. The van der Waals surface area contributed by atoms with E-state index < -0.39 is 35.9 Å². The average molecular weight is 492 g/mol. The number of para-hydroxylation sites is 1. The predicted molar refractivity (Wildman–Crippen MR) is 122 cm³/mol. The van der Waals surface area contributed by atoms with Crippen LogP contribution in [0.4, 0.5) is 5.95 Å². The first-order valence-electron chi connectivity index (χ1n) is 9.62. The molecule has 0 radical (unpaired) electrons. The number of amidine groups is 1. The molecule has 15 heteroatoms. The van der Waals surface area contributed by atoms with E-state index in [4.69, 9.17) is 16.6 Å². The highest BCUT2D eigenvalue weighted by atomic mass is 32.2. The second-order valence-corrected chi connectivity index (χ2v) is 10.5.